The summed E-state index contributed by atoms with van der Waals surface area (Å²) < 4.78 is 0.503. The predicted octanol–water partition coefficient (Wildman–Crippen LogP) is 1.70. The molecule has 5 heteroatoms. The van der Waals surface area contributed by atoms with Gasteiger partial charge in [0, 0.05) is 11.8 Å². The van der Waals surface area contributed by atoms with Crippen molar-refractivity contribution in [2.75, 3.05) is 6.61 Å². The second-order valence-corrected chi connectivity index (χ2v) is 2.96. The molecule has 0 bridgehead atoms. The van der Waals surface area contributed by atoms with Gasteiger partial charge in [0.1, 0.15) is 0 Å². The molecule has 2 N–H and O–H groups in total. The van der Waals surface area contributed by atoms with E-state index in [9.17, 15) is 4.79 Å². The lowest BCUT2D eigenvalue weighted by Gasteiger charge is -2.09. The number of urea groups is 1. The van der Waals surface area contributed by atoms with Crippen LogP contribution in [0.3, 0.4) is 0 Å². The van der Waals surface area contributed by atoms with E-state index in [1.807, 2.05) is 30.3 Å². The maximum Gasteiger partial charge on any atom is 0.354 e. The van der Waals surface area contributed by atoms with Crippen LogP contribution in [-0.2, 0) is 11.3 Å². The maximum atomic E-state index is 10.4. The Kier molecular flexibility index (Phi) is 4.22. The molecule has 2 amide bonds. The Morgan fingerprint density at radius 1 is 1.43 bits per heavy atom. The third-order valence-electron chi connectivity index (χ3n) is 1.61. The van der Waals surface area contributed by atoms with E-state index < -0.39 is 6.03 Å². The molecule has 0 radical (unpaired) electrons. The first-order chi connectivity index (χ1) is 6.70. The molecule has 1 rings (SSSR count). The van der Waals surface area contributed by atoms with Gasteiger partial charge in [-0.25, -0.2) is 4.79 Å². The number of halogens is 1. The number of nitrogens with zero attached hydrogens (tertiary/aromatic N) is 1. The van der Waals surface area contributed by atoms with E-state index in [0.717, 1.165) is 5.56 Å². The van der Waals surface area contributed by atoms with Crippen LogP contribution in [0.4, 0.5) is 4.79 Å². The van der Waals surface area contributed by atoms with Crippen LogP contribution in [0.2, 0.25) is 0 Å². The van der Waals surface area contributed by atoms with Crippen LogP contribution >= 0.6 is 11.8 Å². The third kappa shape index (κ3) is 3.64. The molecule has 0 heterocycles. The predicted molar refractivity (Wildman–Crippen MR) is 53.4 cm³/mol. The lowest BCUT2D eigenvalue weighted by atomic mass is 10.2. The van der Waals surface area contributed by atoms with E-state index in [1.54, 1.807) is 0 Å². The monoisotopic (exact) mass is 214 g/mol. The van der Waals surface area contributed by atoms with Crippen LogP contribution in [0.25, 0.3) is 0 Å². The Labute approximate surface area is 87.3 Å². The zero-order valence-electron chi connectivity index (χ0n) is 7.52. The van der Waals surface area contributed by atoms with Gasteiger partial charge in [-0.15, -0.1) is 4.58 Å². The SMILES string of the molecule is NC(=O)N(Cl)OCCc1ccccc1. The van der Waals surface area contributed by atoms with Gasteiger partial charge < -0.3 is 5.73 Å². The molecule has 0 aliphatic heterocycles. The molecule has 0 spiro atoms. The van der Waals surface area contributed by atoms with Crippen LogP contribution in [0, 0.1) is 0 Å². The van der Waals surface area contributed by atoms with Crippen LogP contribution in [0.1, 0.15) is 5.56 Å². The van der Waals surface area contributed by atoms with Gasteiger partial charge in [0.05, 0.1) is 6.61 Å². The minimum atomic E-state index is -0.820. The second kappa shape index (κ2) is 5.47. The Morgan fingerprint density at radius 3 is 2.64 bits per heavy atom. The van der Waals surface area contributed by atoms with E-state index in [4.69, 9.17) is 22.3 Å². The average Bonchev–Trinajstić information content (AvgIpc) is 2.19. The van der Waals surface area contributed by atoms with Crippen molar-refractivity contribution in [3.05, 3.63) is 35.9 Å². The molecule has 0 fully saturated rings. The van der Waals surface area contributed by atoms with Gasteiger partial charge in [-0.05, 0) is 12.0 Å². The molecular formula is C9H11ClN2O2. The molecule has 0 aliphatic rings. The number of primary amides is 1. The number of amides is 2. The molecule has 0 saturated heterocycles. The van der Waals surface area contributed by atoms with E-state index in [2.05, 4.69) is 0 Å². The highest BCUT2D eigenvalue weighted by Gasteiger charge is 2.05. The Morgan fingerprint density at radius 2 is 2.07 bits per heavy atom. The zero-order chi connectivity index (χ0) is 10.4. The quantitative estimate of drug-likeness (QED) is 0.613. The zero-order valence-corrected chi connectivity index (χ0v) is 8.28. The number of hydroxylamine groups is 1. The van der Waals surface area contributed by atoms with Gasteiger partial charge in [-0.3, -0.25) is 4.84 Å². The number of hydrogen-bond donors (Lipinski definition) is 1. The second-order valence-electron chi connectivity index (χ2n) is 2.65. The van der Waals surface area contributed by atoms with Crippen molar-refractivity contribution in [2.45, 2.75) is 6.42 Å². The summed E-state index contributed by atoms with van der Waals surface area (Å²) in [5.74, 6) is 0. The van der Waals surface area contributed by atoms with E-state index >= 15 is 0 Å². The maximum absolute atomic E-state index is 10.4. The summed E-state index contributed by atoms with van der Waals surface area (Å²) in [5, 5.41) is 0. The standard InChI is InChI=1S/C9H11ClN2O2/c10-12(9(11)13)14-7-6-8-4-2-1-3-5-8/h1-5H,6-7H2,(H2,11,13). The lowest BCUT2D eigenvalue weighted by molar-refractivity contribution is -0.0430. The number of hydrogen-bond acceptors (Lipinski definition) is 2. The van der Waals surface area contributed by atoms with Crippen LogP contribution in [-0.4, -0.2) is 17.2 Å². The first kappa shape index (κ1) is 10.8. The normalized spacial score (nSPS) is 9.79. The van der Waals surface area contributed by atoms with Gasteiger partial charge in [0.2, 0.25) is 0 Å². The average molecular weight is 215 g/mol. The summed E-state index contributed by atoms with van der Waals surface area (Å²) >= 11 is 5.32. The first-order valence-electron chi connectivity index (χ1n) is 4.12. The van der Waals surface area contributed by atoms with Crippen molar-refractivity contribution in [2.24, 2.45) is 5.73 Å². The number of benzene rings is 1. The van der Waals surface area contributed by atoms with Crippen molar-refractivity contribution < 1.29 is 9.63 Å². The van der Waals surface area contributed by atoms with Crippen molar-refractivity contribution in [3.63, 3.8) is 0 Å². The molecule has 0 aromatic heterocycles. The number of carbonyl (C=O) groups excluding carboxylic acids is 1. The number of rotatable bonds is 4. The molecule has 0 aliphatic carbocycles. The molecular weight excluding hydrogens is 204 g/mol. The van der Waals surface area contributed by atoms with Crippen molar-refractivity contribution in [1.82, 2.24) is 4.58 Å². The minimum absolute atomic E-state index is 0.316. The van der Waals surface area contributed by atoms with Gasteiger partial charge in [-0.2, -0.15) is 0 Å². The molecule has 0 saturated carbocycles. The van der Waals surface area contributed by atoms with Crippen LogP contribution in [0.15, 0.2) is 30.3 Å². The smallest absolute Gasteiger partial charge is 0.349 e. The van der Waals surface area contributed by atoms with Crippen LogP contribution in [0.5, 0.6) is 0 Å². The highest BCUT2D eigenvalue weighted by atomic mass is 35.5. The molecule has 0 unspecified atom stereocenters. The molecule has 1 aromatic carbocycles. The summed E-state index contributed by atoms with van der Waals surface area (Å²) in [6, 6.07) is 8.91. The van der Waals surface area contributed by atoms with Gasteiger partial charge in [0.15, 0.2) is 0 Å². The van der Waals surface area contributed by atoms with Crippen LogP contribution < -0.4 is 5.73 Å². The molecule has 0 atom stereocenters. The fourth-order valence-corrected chi connectivity index (χ4v) is 1.02. The lowest BCUT2D eigenvalue weighted by Crippen LogP contribution is -2.28. The number of carbonyl (C=O) groups is 1. The largest absolute Gasteiger partial charge is 0.354 e. The van der Waals surface area contributed by atoms with Gasteiger partial charge >= 0.3 is 6.03 Å². The fraction of sp³-hybridized carbons (Fsp3) is 0.222. The van der Waals surface area contributed by atoms with Gasteiger partial charge in [-0.1, -0.05) is 30.3 Å². The molecule has 76 valence electrons. The first-order valence-corrected chi connectivity index (χ1v) is 4.46. The summed E-state index contributed by atoms with van der Waals surface area (Å²) in [4.78, 5) is 15.3. The van der Waals surface area contributed by atoms with Crippen molar-refractivity contribution in [3.8, 4) is 0 Å². The summed E-state index contributed by atoms with van der Waals surface area (Å²) in [6.07, 6.45) is 0.678. The van der Waals surface area contributed by atoms with Gasteiger partial charge in [0.25, 0.3) is 0 Å². The van der Waals surface area contributed by atoms with E-state index in [0.29, 0.717) is 17.6 Å². The molecule has 4 nitrogen and oxygen atoms in total. The topological polar surface area (TPSA) is 55.6 Å². The van der Waals surface area contributed by atoms with E-state index in [-0.39, 0.29) is 0 Å². The fourth-order valence-electron chi connectivity index (χ4n) is 0.952. The Hall–Kier alpha value is -1.26. The Balaban J connectivity index is 2.26. The van der Waals surface area contributed by atoms with Crippen molar-refractivity contribution in [1.29, 1.82) is 0 Å². The summed E-state index contributed by atoms with van der Waals surface area (Å²) in [7, 11) is 0. The summed E-state index contributed by atoms with van der Waals surface area (Å²) in [6.45, 7) is 0.316. The third-order valence-corrected chi connectivity index (χ3v) is 1.88. The highest BCUT2D eigenvalue weighted by Crippen LogP contribution is 2.01. The molecule has 1 aromatic rings. The van der Waals surface area contributed by atoms with Crippen molar-refractivity contribution >= 4 is 17.8 Å². The van der Waals surface area contributed by atoms with E-state index in [1.165, 1.54) is 0 Å². The molecule has 14 heavy (non-hydrogen) atoms. The summed E-state index contributed by atoms with van der Waals surface area (Å²) in [5.41, 5.74) is 5.96. The number of nitrogens with two attached hydrogens (primary N) is 1. The highest BCUT2D eigenvalue weighted by molar-refractivity contribution is 6.19. The minimum Gasteiger partial charge on any atom is -0.349 e. The Bertz CT molecular complexity index is 292.